The van der Waals surface area contributed by atoms with Crippen LogP contribution >= 0.6 is 0 Å². The zero-order valence-electron chi connectivity index (χ0n) is 12.3. The van der Waals surface area contributed by atoms with Crippen LogP contribution in [0.1, 0.15) is 25.3 Å². The number of hydrogen-bond acceptors (Lipinski definition) is 5. The summed E-state index contributed by atoms with van der Waals surface area (Å²) in [6, 6.07) is 9.42. The fraction of sp³-hybridized carbons (Fsp3) is 0.500. The van der Waals surface area contributed by atoms with E-state index in [4.69, 9.17) is 9.47 Å². The van der Waals surface area contributed by atoms with Crippen molar-refractivity contribution < 1.29 is 19.1 Å². The van der Waals surface area contributed by atoms with Crippen LogP contribution in [0, 0.1) is 5.41 Å². The number of carbonyl (C=O) groups is 2. The van der Waals surface area contributed by atoms with E-state index in [-0.39, 0.29) is 19.8 Å². The molecule has 1 aliphatic rings. The molecule has 0 amide bonds. The van der Waals surface area contributed by atoms with Crippen molar-refractivity contribution >= 4 is 11.9 Å². The summed E-state index contributed by atoms with van der Waals surface area (Å²) in [6.45, 7) is 3.23. The Morgan fingerprint density at radius 1 is 1.19 bits per heavy atom. The highest BCUT2D eigenvalue weighted by Crippen LogP contribution is 2.30. The summed E-state index contributed by atoms with van der Waals surface area (Å²) >= 11 is 0. The van der Waals surface area contributed by atoms with Crippen LogP contribution in [0.25, 0.3) is 0 Å². The highest BCUT2D eigenvalue weighted by Gasteiger charge is 2.49. The number of esters is 2. The van der Waals surface area contributed by atoms with Crippen LogP contribution in [0.4, 0.5) is 0 Å². The predicted octanol–water partition coefficient (Wildman–Crippen LogP) is 1.66. The third-order valence-corrected chi connectivity index (χ3v) is 3.65. The molecule has 1 atom stereocenters. The molecule has 5 heteroatoms. The average Bonchev–Trinajstić information content (AvgIpc) is 2.54. The van der Waals surface area contributed by atoms with Crippen LogP contribution in [0.2, 0.25) is 0 Å². The molecule has 1 aromatic rings. The van der Waals surface area contributed by atoms with Gasteiger partial charge in [0.05, 0.1) is 6.61 Å². The molecule has 1 saturated heterocycles. The largest absolute Gasteiger partial charge is 0.465 e. The molecule has 5 nitrogen and oxygen atoms in total. The second-order valence-corrected chi connectivity index (χ2v) is 5.14. The molecule has 2 rings (SSSR count). The summed E-state index contributed by atoms with van der Waals surface area (Å²) < 4.78 is 10.4. The van der Waals surface area contributed by atoms with E-state index in [9.17, 15) is 9.59 Å². The monoisotopic (exact) mass is 291 g/mol. The van der Waals surface area contributed by atoms with Gasteiger partial charge in [-0.05, 0) is 31.9 Å². The lowest BCUT2D eigenvalue weighted by Gasteiger charge is -2.32. The van der Waals surface area contributed by atoms with Crippen molar-refractivity contribution in [3.63, 3.8) is 0 Å². The fourth-order valence-corrected chi connectivity index (χ4v) is 2.47. The summed E-state index contributed by atoms with van der Waals surface area (Å²) in [7, 11) is 0. The molecule has 0 saturated carbocycles. The first-order valence-corrected chi connectivity index (χ1v) is 7.28. The normalized spacial score (nSPS) is 21.6. The highest BCUT2D eigenvalue weighted by atomic mass is 16.6. The van der Waals surface area contributed by atoms with Crippen molar-refractivity contribution in [3.8, 4) is 0 Å². The van der Waals surface area contributed by atoms with E-state index in [2.05, 4.69) is 5.32 Å². The van der Waals surface area contributed by atoms with Crippen molar-refractivity contribution in [1.82, 2.24) is 5.32 Å². The van der Waals surface area contributed by atoms with Gasteiger partial charge in [0.15, 0.2) is 5.41 Å². The lowest BCUT2D eigenvalue weighted by atomic mass is 9.80. The molecule has 0 bridgehead atoms. The molecule has 1 N–H and O–H groups in total. The third-order valence-electron chi connectivity index (χ3n) is 3.65. The highest BCUT2D eigenvalue weighted by molar-refractivity contribution is 6.00. The Kier molecular flexibility index (Phi) is 5.33. The van der Waals surface area contributed by atoms with Gasteiger partial charge < -0.3 is 14.8 Å². The van der Waals surface area contributed by atoms with Crippen LogP contribution in [0.5, 0.6) is 0 Å². The van der Waals surface area contributed by atoms with Gasteiger partial charge in [0, 0.05) is 6.54 Å². The Balaban J connectivity index is 2.05. The maximum atomic E-state index is 12.4. The van der Waals surface area contributed by atoms with Gasteiger partial charge in [-0.25, -0.2) is 0 Å². The molecule has 0 spiro atoms. The molecule has 1 heterocycles. The third kappa shape index (κ3) is 3.61. The Bertz CT molecular complexity index is 480. The SMILES string of the molecule is CCOC(=O)C1(C(=O)OCc2ccccc2)CCCNC1. The molecule has 1 aromatic carbocycles. The van der Waals surface area contributed by atoms with Crippen molar-refractivity contribution in [2.24, 2.45) is 5.41 Å². The summed E-state index contributed by atoms with van der Waals surface area (Å²) in [5, 5.41) is 3.09. The van der Waals surface area contributed by atoms with Crippen molar-refractivity contribution in [2.45, 2.75) is 26.4 Å². The number of ether oxygens (including phenoxy) is 2. The topological polar surface area (TPSA) is 64.6 Å². The maximum absolute atomic E-state index is 12.4. The molecule has 0 aliphatic carbocycles. The molecule has 0 aromatic heterocycles. The average molecular weight is 291 g/mol. The lowest BCUT2D eigenvalue weighted by Crippen LogP contribution is -2.52. The minimum absolute atomic E-state index is 0.167. The number of rotatable bonds is 5. The van der Waals surface area contributed by atoms with Gasteiger partial charge in [-0.15, -0.1) is 0 Å². The van der Waals surface area contributed by atoms with Gasteiger partial charge >= 0.3 is 11.9 Å². The number of hydrogen-bond donors (Lipinski definition) is 1. The van der Waals surface area contributed by atoms with E-state index in [1.54, 1.807) is 6.92 Å². The predicted molar refractivity (Wildman–Crippen MR) is 77.4 cm³/mol. The number of benzene rings is 1. The lowest BCUT2D eigenvalue weighted by molar-refractivity contribution is -0.174. The van der Waals surface area contributed by atoms with E-state index in [1.807, 2.05) is 30.3 Å². The van der Waals surface area contributed by atoms with E-state index in [0.29, 0.717) is 6.42 Å². The Labute approximate surface area is 124 Å². The van der Waals surface area contributed by atoms with Crippen LogP contribution in [0.3, 0.4) is 0 Å². The van der Waals surface area contributed by atoms with Crippen LogP contribution in [0.15, 0.2) is 30.3 Å². The van der Waals surface area contributed by atoms with E-state index in [1.165, 1.54) is 0 Å². The van der Waals surface area contributed by atoms with Crippen molar-refractivity contribution in [2.75, 3.05) is 19.7 Å². The molecular weight excluding hydrogens is 270 g/mol. The summed E-state index contributed by atoms with van der Waals surface area (Å²) in [5.41, 5.74) is -0.308. The first-order valence-electron chi connectivity index (χ1n) is 7.28. The zero-order valence-corrected chi connectivity index (χ0v) is 12.3. The second kappa shape index (κ2) is 7.22. The molecule has 114 valence electrons. The standard InChI is InChI=1S/C16H21NO4/c1-2-20-14(18)16(9-6-10-17-12-16)15(19)21-11-13-7-4-3-5-8-13/h3-5,7-8,17H,2,6,9-12H2,1H3. The number of piperidine rings is 1. The quantitative estimate of drug-likeness (QED) is 0.660. The van der Waals surface area contributed by atoms with Gasteiger partial charge in [-0.3, -0.25) is 9.59 Å². The smallest absolute Gasteiger partial charge is 0.325 e. The first kappa shape index (κ1) is 15.5. The van der Waals surface area contributed by atoms with Gasteiger partial charge in [0.1, 0.15) is 6.61 Å². The van der Waals surface area contributed by atoms with Crippen LogP contribution in [-0.2, 0) is 25.7 Å². The van der Waals surface area contributed by atoms with E-state index >= 15 is 0 Å². The molecule has 0 radical (unpaired) electrons. The molecule has 21 heavy (non-hydrogen) atoms. The maximum Gasteiger partial charge on any atom is 0.325 e. The molecular formula is C16H21NO4. The Morgan fingerprint density at radius 2 is 1.90 bits per heavy atom. The van der Waals surface area contributed by atoms with E-state index in [0.717, 1.165) is 18.5 Å². The van der Waals surface area contributed by atoms with Crippen LogP contribution < -0.4 is 5.32 Å². The molecule has 1 aliphatic heterocycles. The zero-order chi connectivity index (χ0) is 15.1. The number of nitrogens with one attached hydrogen (secondary N) is 1. The summed E-state index contributed by atoms with van der Waals surface area (Å²) in [6.07, 6.45) is 1.21. The second-order valence-electron chi connectivity index (χ2n) is 5.14. The Hall–Kier alpha value is -1.88. The van der Waals surface area contributed by atoms with Gasteiger partial charge in [0.2, 0.25) is 0 Å². The van der Waals surface area contributed by atoms with Gasteiger partial charge in [-0.1, -0.05) is 30.3 Å². The first-order chi connectivity index (χ1) is 10.2. The van der Waals surface area contributed by atoms with Crippen molar-refractivity contribution in [1.29, 1.82) is 0 Å². The van der Waals surface area contributed by atoms with Crippen molar-refractivity contribution in [3.05, 3.63) is 35.9 Å². The van der Waals surface area contributed by atoms with Crippen LogP contribution in [-0.4, -0.2) is 31.6 Å². The minimum atomic E-state index is -1.21. The molecule has 1 fully saturated rings. The minimum Gasteiger partial charge on any atom is -0.465 e. The summed E-state index contributed by atoms with van der Waals surface area (Å²) in [4.78, 5) is 24.7. The fourth-order valence-electron chi connectivity index (χ4n) is 2.47. The van der Waals surface area contributed by atoms with E-state index < -0.39 is 17.4 Å². The Morgan fingerprint density at radius 3 is 2.52 bits per heavy atom. The number of carbonyl (C=O) groups excluding carboxylic acids is 2. The van der Waals surface area contributed by atoms with Gasteiger partial charge in [-0.2, -0.15) is 0 Å². The molecule has 1 unspecified atom stereocenters. The van der Waals surface area contributed by atoms with Gasteiger partial charge in [0.25, 0.3) is 0 Å². The summed E-state index contributed by atoms with van der Waals surface area (Å²) in [5.74, 6) is -0.993.